The van der Waals surface area contributed by atoms with Gasteiger partial charge in [-0.25, -0.2) is 14.6 Å². The summed E-state index contributed by atoms with van der Waals surface area (Å²) < 4.78 is 35.4. The first kappa shape index (κ1) is 26.6. The number of aliphatic hydroxyl groups excluding tert-OH is 1. The van der Waals surface area contributed by atoms with Crippen LogP contribution < -0.4 is 20.7 Å². The summed E-state index contributed by atoms with van der Waals surface area (Å²) in [5.74, 6) is -0.941. The number of nitrogens with zero attached hydrogens (tertiary/aromatic N) is 1. The smallest absolute Gasteiger partial charge is 0.459 e. The van der Waals surface area contributed by atoms with Gasteiger partial charge in [0, 0.05) is 11.5 Å². The minimum Gasteiger partial charge on any atom is -0.468 e. The highest BCUT2D eigenvalue weighted by molar-refractivity contribution is 8.03. The molecule has 1 aromatic rings. The van der Waals surface area contributed by atoms with E-state index in [2.05, 4.69) is 20.1 Å². The molecule has 3 heterocycles. The zero-order valence-electron chi connectivity index (χ0n) is 19.7. The summed E-state index contributed by atoms with van der Waals surface area (Å²) in [6.45, 7) is 1.24. The predicted molar refractivity (Wildman–Crippen MR) is 132 cm³/mol. The van der Waals surface area contributed by atoms with Crippen LogP contribution in [0.1, 0.15) is 13.3 Å². The lowest BCUT2D eigenvalue weighted by molar-refractivity contribution is -0.139. The third kappa shape index (κ3) is 5.77. The number of amides is 1. The Balaban J connectivity index is 1.46. The summed E-state index contributed by atoms with van der Waals surface area (Å²) in [6.07, 6.45) is -1.65. The molecule has 36 heavy (non-hydrogen) atoms. The van der Waals surface area contributed by atoms with Gasteiger partial charge in [-0.15, -0.1) is 11.8 Å². The van der Waals surface area contributed by atoms with Crippen LogP contribution in [0.5, 0.6) is 5.75 Å². The SMILES string of the molecule is CCC1C(O)C(COP(=O)(NCC(=O)OC)Oc2ccccc2)OC1C1SC=C2C(=O)NC(N)=NC21. The molecule has 196 valence electrons. The molecule has 3 aliphatic rings. The fraction of sp³-hybridized carbons (Fsp3) is 0.500. The number of guanidine groups is 1. The minimum atomic E-state index is -4.05. The number of thioether (sulfide) groups is 1. The Morgan fingerprint density at radius 1 is 1.36 bits per heavy atom. The molecule has 1 amide bonds. The van der Waals surface area contributed by atoms with E-state index in [-0.39, 0.29) is 35.4 Å². The number of rotatable bonds is 10. The van der Waals surface area contributed by atoms with Crippen LogP contribution in [0.4, 0.5) is 0 Å². The lowest BCUT2D eigenvalue weighted by Crippen LogP contribution is -2.48. The number of hydrogen-bond acceptors (Lipinski definition) is 11. The molecule has 1 aromatic carbocycles. The number of fused-ring (bicyclic) bond motifs is 1. The molecule has 0 aromatic heterocycles. The van der Waals surface area contributed by atoms with Gasteiger partial charge in [-0.2, -0.15) is 0 Å². The number of nitrogens with two attached hydrogens (primary N) is 1. The second-order valence-electron chi connectivity index (χ2n) is 8.40. The normalized spacial score (nSPS) is 31.0. The molecule has 7 atom stereocenters. The highest BCUT2D eigenvalue weighted by Gasteiger charge is 2.52. The van der Waals surface area contributed by atoms with Crippen molar-refractivity contribution in [1.82, 2.24) is 10.4 Å². The first-order chi connectivity index (χ1) is 17.2. The Labute approximate surface area is 212 Å². The summed E-state index contributed by atoms with van der Waals surface area (Å²) in [4.78, 5) is 28.3. The van der Waals surface area contributed by atoms with Crippen LogP contribution in [0, 0.1) is 5.92 Å². The zero-order chi connectivity index (χ0) is 25.9. The minimum absolute atomic E-state index is 0.0387. The number of aliphatic imine (C=N–C) groups is 1. The molecule has 1 saturated heterocycles. The number of hydrogen-bond donors (Lipinski definition) is 4. The van der Waals surface area contributed by atoms with E-state index in [0.717, 1.165) is 0 Å². The number of nitrogens with one attached hydrogen (secondary N) is 2. The van der Waals surface area contributed by atoms with Crippen LogP contribution in [-0.4, -0.2) is 72.8 Å². The number of carbonyl (C=O) groups is 2. The second-order valence-corrected chi connectivity index (χ2v) is 11.2. The predicted octanol–water partition coefficient (Wildman–Crippen LogP) is 0.920. The van der Waals surface area contributed by atoms with Crippen molar-refractivity contribution < 1.29 is 37.8 Å². The number of benzene rings is 1. The number of carbonyl (C=O) groups excluding carboxylic acids is 2. The average Bonchev–Trinajstić information content (AvgIpc) is 3.42. The number of esters is 1. The van der Waals surface area contributed by atoms with E-state index in [1.807, 2.05) is 6.92 Å². The van der Waals surface area contributed by atoms with Gasteiger partial charge in [0.25, 0.3) is 5.91 Å². The van der Waals surface area contributed by atoms with Crippen molar-refractivity contribution in [2.45, 2.75) is 42.9 Å². The second kappa shape index (κ2) is 11.3. The molecular weight excluding hydrogens is 511 g/mol. The lowest BCUT2D eigenvalue weighted by Gasteiger charge is -2.29. The number of aliphatic hydroxyl groups is 1. The molecule has 3 aliphatic heterocycles. The third-order valence-electron chi connectivity index (χ3n) is 6.15. The molecule has 0 saturated carbocycles. The Kier molecular flexibility index (Phi) is 8.38. The molecule has 1 fully saturated rings. The van der Waals surface area contributed by atoms with Gasteiger partial charge >= 0.3 is 13.7 Å². The maximum atomic E-state index is 13.4. The number of para-hydroxylation sites is 1. The molecule has 0 bridgehead atoms. The van der Waals surface area contributed by atoms with E-state index in [4.69, 9.17) is 19.5 Å². The summed E-state index contributed by atoms with van der Waals surface area (Å²) in [7, 11) is -2.84. The maximum absolute atomic E-state index is 13.4. The van der Waals surface area contributed by atoms with Crippen LogP contribution in [0.15, 0.2) is 46.3 Å². The van der Waals surface area contributed by atoms with E-state index in [1.54, 1.807) is 35.7 Å². The third-order valence-corrected chi connectivity index (χ3v) is 8.87. The molecule has 0 radical (unpaired) electrons. The monoisotopic (exact) mass is 540 g/mol. The van der Waals surface area contributed by atoms with E-state index < -0.39 is 44.6 Å². The standard InChI is InChI=1S/C22H29N4O8PS/c1-3-13-18(28)15(33-19(13)20-17-14(11-36-20)21(29)26-22(23)25-17)10-32-35(30,24-9-16(27)31-2)34-12-7-5-4-6-8-12/h4-8,11,13,15,17-20,28H,3,9-10H2,1-2H3,(H,24,30)(H3,23,25,26,29). The van der Waals surface area contributed by atoms with Crippen LogP contribution in [0.25, 0.3) is 0 Å². The summed E-state index contributed by atoms with van der Waals surface area (Å²) in [5.41, 5.74) is 6.27. The fourth-order valence-electron chi connectivity index (χ4n) is 4.35. The molecule has 5 N–H and O–H groups in total. The van der Waals surface area contributed by atoms with Crippen molar-refractivity contribution in [3.8, 4) is 5.75 Å². The van der Waals surface area contributed by atoms with E-state index in [9.17, 15) is 19.3 Å². The van der Waals surface area contributed by atoms with Crippen molar-refractivity contribution in [3.63, 3.8) is 0 Å². The number of methoxy groups -OCH3 is 1. The van der Waals surface area contributed by atoms with Gasteiger partial charge in [-0.3, -0.25) is 19.4 Å². The highest BCUT2D eigenvalue weighted by atomic mass is 32.2. The highest BCUT2D eigenvalue weighted by Crippen LogP contribution is 2.47. The quantitative estimate of drug-likeness (QED) is 0.246. The first-order valence-electron chi connectivity index (χ1n) is 11.4. The van der Waals surface area contributed by atoms with E-state index >= 15 is 0 Å². The Bertz CT molecular complexity index is 1090. The largest absolute Gasteiger partial charge is 0.468 e. The topological polar surface area (TPSA) is 171 Å². The van der Waals surface area contributed by atoms with Gasteiger partial charge in [-0.1, -0.05) is 25.1 Å². The molecule has 14 heteroatoms. The Morgan fingerprint density at radius 2 is 2.11 bits per heavy atom. The van der Waals surface area contributed by atoms with Crippen molar-refractivity contribution >= 4 is 37.3 Å². The average molecular weight is 541 g/mol. The van der Waals surface area contributed by atoms with Crippen molar-refractivity contribution in [3.05, 3.63) is 41.3 Å². The Hall–Kier alpha value is -2.41. The molecule has 7 unspecified atom stereocenters. The van der Waals surface area contributed by atoms with Crippen LogP contribution in [0.2, 0.25) is 0 Å². The maximum Gasteiger partial charge on any atom is 0.459 e. The molecule has 0 aliphatic carbocycles. The van der Waals surface area contributed by atoms with Gasteiger partial charge < -0.3 is 24.8 Å². The van der Waals surface area contributed by atoms with Crippen LogP contribution >= 0.6 is 19.5 Å². The van der Waals surface area contributed by atoms with E-state index in [0.29, 0.717) is 12.0 Å². The van der Waals surface area contributed by atoms with E-state index in [1.165, 1.54) is 18.9 Å². The van der Waals surface area contributed by atoms with Gasteiger partial charge in [0.15, 0.2) is 5.96 Å². The van der Waals surface area contributed by atoms with Gasteiger partial charge in [0.05, 0.1) is 37.2 Å². The van der Waals surface area contributed by atoms with Gasteiger partial charge in [0.2, 0.25) is 0 Å². The van der Waals surface area contributed by atoms with Crippen molar-refractivity contribution in [2.75, 3.05) is 20.3 Å². The van der Waals surface area contributed by atoms with Crippen molar-refractivity contribution in [1.29, 1.82) is 0 Å². The lowest BCUT2D eigenvalue weighted by atomic mass is 9.88. The summed E-state index contributed by atoms with van der Waals surface area (Å²) >= 11 is 1.41. The van der Waals surface area contributed by atoms with Crippen molar-refractivity contribution in [2.24, 2.45) is 16.6 Å². The van der Waals surface area contributed by atoms with Gasteiger partial charge in [-0.05, 0) is 24.0 Å². The molecule has 4 rings (SSSR count). The fourth-order valence-corrected chi connectivity index (χ4v) is 6.95. The molecule has 12 nitrogen and oxygen atoms in total. The zero-order valence-corrected chi connectivity index (χ0v) is 21.4. The first-order valence-corrected chi connectivity index (χ1v) is 13.9. The van der Waals surface area contributed by atoms with Crippen LogP contribution in [-0.2, 0) is 28.2 Å². The molecule has 0 spiro atoms. The molecular formula is C22H29N4O8PS. The van der Waals surface area contributed by atoms with Crippen LogP contribution in [0.3, 0.4) is 0 Å². The summed E-state index contributed by atoms with van der Waals surface area (Å²) in [5, 5.41) is 17.5. The number of ether oxygens (including phenoxy) is 2. The van der Waals surface area contributed by atoms with Gasteiger partial charge in [0.1, 0.15) is 18.4 Å². The Morgan fingerprint density at radius 3 is 2.81 bits per heavy atom. The summed E-state index contributed by atoms with van der Waals surface area (Å²) in [6, 6.07) is 7.85.